The molecule has 45 heavy (non-hydrogen) atoms. The molecular weight excluding hydrogens is 550 g/mol. The van der Waals surface area contributed by atoms with Gasteiger partial charge in [-0.05, 0) is 48.5 Å². The van der Waals surface area contributed by atoms with Crippen LogP contribution in [-0.2, 0) is 0 Å². The average molecular weight is 576 g/mol. The molecule has 0 aliphatic rings. The minimum absolute atomic E-state index is 0.840. The first-order valence-electron chi connectivity index (χ1n) is 15.2. The maximum Gasteiger partial charge on any atom is 0.159 e. The van der Waals surface area contributed by atoms with E-state index in [1.165, 1.54) is 21.5 Å². The van der Waals surface area contributed by atoms with Crippen molar-refractivity contribution in [2.75, 3.05) is 0 Å². The highest BCUT2D eigenvalue weighted by Gasteiger charge is 2.20. The molecule has 0 aliphatic heterocycles. The highest BCUT2D eigenvalue weighted by Crippen LogP contribution is 2.41. The maximum atomic E-state index is 6.89. The summed E-state index contributed by atoms with van der Waals surface area (Å²) in [5, 5.41) is 7.06. The number of aromatic nitrogens is 3. The number of para-hydroxylation sites is 6. The second kappa shape index (κ2) is 9.18. The van der Waals surface area contributed by atoms with Crippen LogP contribution in [0, 0.1) is 0 Å². The molecule has 0 atom stereocenters. The van der Waals surface area contributed by atoms with Crippen molar-refractivity contribution in [3.8, 4) is 22.8 Å². The summed E-state index contributed by atoms with van der Waals surface area (Å²) < 4.78 is 11.5. The van der Waals surface area contributed by atoms with E-state index in [4.69, 9.17) is 9.40 Å². The van der Waals surface area contributed by atoms with Gasteiger partial charge >= 0.3 is 0 Å². The molecule has 4 nitrogen and oxygen atoms in total. The van der Waals surface area contributed by atoms with Crippen molar-refractivity contribution in [2.24, 2.45) is 0 Å². The molecule has 0 N–H and O–H groups in total. The quantitative estimate of drug-likeness (QED) is 0.210. The summed E-state index contributed by atoms with van der Waals surface area (Å²) in [6, 6.07) is 53.3. The Morgan fingerprint density at radius 1 is 0.378 bits per heavy atom. The first kappa shape index (κ1) is 24.3. The van der Waals surface area contributed by atoms with Crippen LogP contribution in [0.2, 0.25) is 0 Å². The molecule has 0 aliphatic carbocycles. The van der Waals surface area contributed by atoms with Gasteiger partial charge in [-0.25, -0.2) is 4.98 Å². The predicted molar refractivity (Wildman–Crippen MR) is 186 cm³/mol. The second-order valence-electron chi connectivity index (χ2n) is 11.6. The van der Waals surface area contributed by atoms with Gasteiger partial charge in [0.1, 0.15) is 11.4 Å². The van der Waals surface area contributed by atoms with Gasteiger partial charge < -0.3 is 8.98 Å². The van der Waals surface area contributed by atoms with E-state index in [1.807, 2.05) is 0 Å². The van der Waals surface area contributed by atoms with E-state index >= 15 is 0 Å². The normalized spacial score (nSPS) is 12.0. The van der Waals surface area contributed by atoms with Crippen LogP contribution >= 0.6 is 0 Å². The van der Waals surface area contributed by atoms with Gasteiger partial charge in [-0.15, -0.1) is 0 Å². The van der Waals surface area contributed by atoms with Crippen molar-refractivity contribution in [1.29, 1.82) is 0 Å². The molecule has 4 heteroatoms. The molecule has 0 saturated heterocycles. The number of hydrogen-bond donors (Lipinski definition) is 0. The van der Waals surface area contributed by atoms with Crippen LogP contribution in [0.3, 0.4) is 0 Å². The summed E-state index contributed by atoms with van der Waals surface area (Å²) in [6.45, 7) is 0. The highest BCUT2D eigenvalue weighted by molar-refractivity contribution is 6.14. The lowest BCUT2D eigenvalue weighted by Crippen LogP contribution is -1.98. The lowest BCUT2D eigenvalue weighted by atomic mass is 10.1. The van der Waals surface area contributed by atoms with Gasteiger partial charge in [-0.1, -0.05) is 103 Å². The molecule has 6 aromatic carbocycles. The summed E-state index contributed by atoms with van der Waals surface area (Å²) in [4.78, 5) is 5.26. The van der Waals surface area contributed by atoms with Crippen molar-refractivity contribution in [3.63, 3.8) is 0 Å². The molecule has 0 saturated carbocycles. The van der Waals surface area contributed by atoms with Crippen molar-refractivity contribution in [1.82, 2.24) is 14.1 Å². The molecule has 0 bridgehead atoms. The van der Waals surface area contributed by atoms with Crippen LogP contribution in [-0.4, -0.2) is 14.1 Å². The predicted octanol–water partition coefficient (Wildman–Crippen LogP) is 10.8. The molecule has 10 aromatic rings. The zero-order valence-electron chi connectivity index (χ0n) is 24.2. The monoisotopic (exact) mass is 575 g/mol. The molecule has 10 rings (SSSR count). The number of hydrogen-bond acceptors (Lipinski definition) is 2. The van der Waals surface area contributed by atoms with Crippen LogP contribution in [0.15, 0.2) is 156 Å². The number of pyridine rings is 1. The van der Waals surface area contributed by atoms with Crippen LogP contribution in [0.4, 0.5) is 0 Å². The molecule has 4 aromatic heterocycles. The Bertz CT molecular complexity index is 2670. The summed E-state index contributed by atoms with van der Waals surface area (Å²) in [5.74, 6) is 0.879. The zero-order valence-corrected chi connectivity index (χ0v) is 24.2. The van der Waals surface area contributed by atoms with E-state index in [2.05, 4.69) is 161 Å². The fourth-order valence-electron chi connectivity index (χ4n) is 7.23. The average Bonchev–Trinajstić information content (AvgIpc) is 3.76. The standard InChI is InChI=1S/C41H25N3O/c1-5-20-34-26(12-1)27-13-2-6-21-35(27)43(34)38-24-10-17-31-30-16-9-18-32(40(30)45-41(31)38)33-19-11-25-39(42-33)44-36-22-7-3-14-28(36)29-15-4-8-23-37(29)44/h1-25H. The van der Waals surface area contributed by atoms with Gasteiger partial charge in [0.2, 0.25) is 0 Å². The zero-order chi connectivity index (χ0) is 29.5. The van der Waals surface area contributed by atoms with E-state index in [0.717, 1.165) is 66.8 Å². The van der Waals surface area contributed by atoms with Gasteiger partial charge in [0.25, 0.3) is 0 Å². The van der Waals surface area contributed by atoms with E-state index in [1.54, 1.807) is 0 Å². The van der Waals surface area contributed by atoms with E-state index in [0.29, 0.717) is 0 Å². The topological polar surface area (TPSA) is 35.9 Å². The molecule has 210 valence electrons. The van der Waals surface area contributed by atoms with Gasteiger partial charge in [0.05, 0.1) is 33.4 Å². The molecule has 0 spiro atoms. The van der Waals surface area contributed by atoms with Crippen molar-refractivity contribution in [2.45, 2.75) is 0 Å². The van der Waals surface area contributed by atoms with Crippen LogP contribution in [0.5, 0.6) is 0 Å². The lowest BCUT2D eigenvalue weighted by Gasteiger charge is -2.09. The SMILES string of the molecule is c1cc(-c2cccc3c2oc2c(-n4c5ccccc5c5ccccc54)cccc23)nc(-n2c3ccccc3c3ccccc32)c1. The van der Waals surface area contributed by atoms with Crippen LogP contribution in [0.1, 0.15) is 0 Å². The van der Waals surface area contributed by atoms with Crippen LogP contribution < -0.4 is 0 Å². The van der Waals surface area contributed by atoms with Crippen molar-refractivity contribution >= 4 is 65.6 Å². The molecule has 0 radical (unpaired) electrons. The number of fused-ring (bicyclic) bond motifs is 9. The third-order valence-electron chi connectivity index (χ3n) is 9.14. The lowest BCUT2D eigenvalue weighted by molar-refractivity contribution is 0.667. The first-order valence-corrected chi connectivity index (χ1v) is 15.2. The number of benzene rings is 6. The van der Waals surface area contributed by atoms with E-state index in [-0.39, 0.29) is 0 Å². The van der Waals surface area contributed by atoms with E-state index in [9.17, 15) is 0 Å². The van der Waals surface area contributed by atoms with Gasteiger partial charge in [0, 0.05) is 37.9 Å². The Hall–Kier alpha value is -6.13. The molecular formula is C41H25N3O. The molecule has 0 fully saturated rings. The Labute approximate surface area is 258 Å². The summed E-state index contributed by atoms with van der Waals surface area (Å²) in [5.41, 5.74) is 9.18. The third-order valence-corrected chi connectivity index (χ3v) is 9.14. The first-order chi connectivity index (χ1) is 22.3. The second-order valence-corrected chi connectivity index (χ2v) is 11.6. The minimum Gasteiger partial charge on any atom is -0.453 e. The Balaban J connectivity index is 1.21. The smallest absolute Gasteiger partial charge is 0.159 e. The summed E-state index contributed by atoms with van der Waals surface area (Å²) in [7, 11) is 0. The Morgan fingerprint density at radius 2 is 0.844 bits per heavy atom. The number of nitrogens with zero attached hydrogens (tertiary/aromatic N) is 3. The molecule has 4 heterocycles. The maximum absolute atomic E-state index is 6.89. The molecule has 0 unspecified atom stereocenters. The van der Waals surface area contributed by atoms with E-state index < -0.39 is 0 Å². The fourth-order valence-corrected chi connectivity index (χ4v) is 7.23. The van der Waals surface area contributed by atoms with Crippen LogP contribution in [0.25, 0.3) is 88.3 Å². The number of rotatable bonds is 3. The minimum atomic E-state index is 0.840. The Kier molecular flexibility index (Phi) is 4.96. The van der Waals surface area contributed by atoms with Gasteiger partial charge in [-0.3, -0.25) is 4.57 Å². The Morgan fingerprint density at radius 3 is 1.44 bits per heavy atom. The molecule has 0 amide bonds. The highest BCUT2D eigenvalue weighted by atomic mass is 16.3. The largest absolute Gasteiger partial charge is 0.453 e. The van der Waals surface area contributed by atoms with Crippen molar-refractivity contribution < 1.29 is 4.42 Å². The van der Waals surface area contributed by atoms with Gasteiger partial charge in [-0.2, -0.15) is 0 Å². The third kappa shape index (κ3) is 3.39. The fraction of sp³-hybridized carbons (Fsp3) is 0. The summed E-state index contributed by atoms with van der Waals surface area (Å²) >= 11 is 0. The van der Waals surface area contributed by atoms with Gasteiger partial charge in [0.15, 0.2) is 5.58 Å². The number of furan rings is 1. The van der Waals surface area contributed by atoms with Crippen molar-refractivity contribution in [3.05, 3.63) is 152 Å². The summed E-state index contributed by atoms with van der Waals surface area (Å²) in [6.07, 6.45) is 0.